The molecule has 4 rings (SSSR count). The van der Waals surface area contributed by atoms with Crippen LogP contribution >= 0.6 is 0 Å². The lowest BCUT2D eigenvalue weighted by molar-refractivity contribution is -0.124. The summed E-state index contributed by atoms with van der Waals surface area (Å²) >= 11 is 0. The van der Waals surface area contributed by atoms with Crippen molar-refractivity contribution >= 4 is 17.3 Å². The molecule has 0 atom stereocenters. The van der Waals surface area contributed by atoms with Gasteiger partial charge >= 0.3 is 0 Å². The predicted molar refractivity (Wildman–Crippen MR) is 232 cm³/mol. The Kier molecular flexibility index (Phi) is 12.3. The van der Waals surface area contributed by atoms with E-state index in [1.807, 2.05) is 36.5 Å². The van der Waals surface area contributed by atoms with Crippen molar-refractivity contribution < 1.29 is 28.6 Å². The van der Waals surface area contributed by atoms with E-state index >= 15 is 0 Å². The van der Waals surface area contributed by atoms with Crippen molar-refractivity contribution in [2.75, 3.05) is 0 Å². The van der Waals surface area contributed by atoms with Gasteiger partial charge < -0.3 is 14.2 Å². The highest BCUT2D eigenvalue weighted by atomic mass is 16.5. The van der Waals surface area contributed by atoms with Crippen molar-refractivity contribution in [3.8, 4) is 0 Å². The van der Waals surface area contributed by atoms with Crippen LogP contribution in [-0.4, -0.2) is 17.3 Å². The summed E-state index contributed by atoms with van der Waals surface area (Å²) in [5.41, 5.74) is 0.362. The first-order chi connectivity index (χ1) is 25.8. The zero-order valence-corrected chi connectivity index (χ0v) is 37.9. The van der Waals surface area contributed by atoms with Gasteiger partial charge in [0.2, 0.25) is 17.3 Å². The largest absolute Gasteiger partial charge is 0.465 e. The van der Waals surface area contributed by atoms with Crippen LogP contribution in [0.1, 0.15) is 125 Å². The van der Waals surface area contributed by atoms with Gasteiger partial charge in [0.1, 0.15) is 34.6 Å². The summed E-state index contributed by atoms with van der Waals surface area (Å²) in [5.74, 6) is 2.78. The maximum Gasteiger partial charge on any atom is 0.200 e. The topological polar surface area (TPSA) is 78.9 Å². The lowest BCUT2D eigenvalue weighted by Gasteiger charge is -2.32. The fourth-order valence-electron chi connectivity index (χ4n) is 5.81. The van der Waals surface area contributed by atoms with E-state index in [1.54, 1.807) is 36.5 Å². The zero-order valence-electron chi connectivity index (χ0n) is 37.9. The van der Waals surface area contributed by atoms with Gasteiger partial charge in [0, 0.05) is 32.5 Å². The van der Waals surface area contributed by atoms with Gasteiger partial charge in [-0.05, 0) is 71.4 Å². The molecule has 3 aliphatic heterocycles. The van der Waals surface area contributed by atoms with Crippen molar-refractivity contribution in [2.24, 2.45) is 32.5 Å². The van der Waals surface area contributed by atoms with Crippen molar-refractivity contribution in [3.63, 3.8) is 0 Å². The van der Waals surface area contributed by atoms with Crippen LogP contribution in [-0.2, 0) is 28.6 Å². The number of ether oxygens (including phenoxy) is 3. The smallest absolute Gasteiger partial charge is 0.200 e. The highest BCUT2D eigenvalue weighted by molar-refractivity contribution is 6.51. The van der Waals surface area contributed by atoms with Crippen LogP contribution in [0.4, 0.5) is 0 Å². The molecule has 0 bridgehead atoms. The molecule has 0 N–H and O–H groups in total. The van der Waals surface area contributed by atoms with Gasteiger partial charge in [-0.25, -0.2) is 0 Å². The van der Waals surface area contributed by atoms with Gasteiger partial charge in [-0.3, -0.25) is 14.4 Å². The summed E-state index contributed by atoms with van der Waals surface area (Å²) in [5, 5.41) is 0. The molecular weight excluding hydrogens is 709 g/mol. The second-order valence-corrected chi connectivity index (χ2v) is 21.6. The number of carbonyl (C=O) groups excluding carboxylic acids is 3. The molecule has 1 fully saturated rings. The van der Waals surface area contributed by atoms with Gasteiger partial charge in [-0.15, -0.1) is 0 Å². The normalized spacial score (nSPS) is 18.9. The molecule has 0 aromatic rings. The van der Waals surface area contributed by atoms with Gasteiger partial charge in [0.05, 0.1) is 16.7 Å². The third-order valence-corrected chi connectivity index (χ3v) is 9.68. The second-order valence-electron chi connectivity index (χ2n) is 21.6. The van der Waals surface area contributed by atoms with E-state index in [0.717, 1.165) is 51.3 Å². The number of Topliss-reactive ketones (excluding diaryl/α,β-unsaturated/α-hetero) is 3. The van der Waals surface area contributed by atoms with Crippen LogP contribution in [0.25, 0.3) is 0 Å². The van der Waals surface area contributed by atoms with Gasteiger partial charge in [0.25, 0.3) is 0 Å². The quantitative estimate of drug-likeness (QED) is 0.210. The van der Waals surface area contributed by atoms with Crippen molar-refractivity contribution in [2.45, 2.75) is 125 Å². The molecule has 3 heterocycles. The van der Waals surface area contributed by atoms with Gasteiger partial charge in [-0.2, -0.15) is 0 Å². The van der Waals surface area contributed by atoms with E-state index in [0.29, 0.717) is 0 Å². The Labute approximate surface area is 343 Å². The maximum atomic E-state index is 14.3. The number of hydrogen-bond donors (Lipinski definition) is 0. The summed E-state index contributed by atoms with van der Waals surface area (Å²) in [6.45, 7) is 37.4. The molecule has 0 radical (unpaired) electrons. The van der Waals surface area contributed by atoms with Crippen LogP contribution in [0.5, 0.6) is 0 Å². The number of rotatable bonds is 3. The number of hydrogen-bond acceptors (Lipinski definition) is 6. The molecule has 0 saturated heterocycles. The van der Waals surface area contributed by atoms with Crippen molar-refractivity contribution in [1.82, 2.24) is 0 Å². The zero-order chi connectivity index (χ0) is 43.3. The average molecular weight is 775 g/mol. The first-order valence-electron chi connectivity index (χ1n) is 20.0. The summed E-state index contributed by atoms with van der Waals surface area (Å²) in [7, 11) is 0. The lowest BCUT2D eigenvalue weighted by Crippen LogP contribution is -2.31. The molecule has 1 saturated carbocycles. The molecule has 57 heavy (non-hydrogen) atoms. The molecule has 6 heteroatoms. The first kappa shape index (κ1) is 45.0. The molecular formula is C51H66O6. The van der Waals surface area contributed by atoms with Crippen molar-refractivity contribution in [3.05, 3.63) is 141 Å². The molecule has 6 nitrogen and oxygen atoms in total. The van der Waals surface area contributed by atoms with Crippen LogP contribution in [0, 0.1) is 32.5 Å². The predicted octanol–water partition coefficient (Wildman–Crippen LogP) is 12.9. The first-order valence-corrected chi connectivity index (χ1v) is 20.0. The molecule has 306 valence electrons. The number of ketones is 3. The van der Waals surface area contributed by atoms with Crippen LogP contribution in [0.15, 0.2) is 141 Å². The summed E-state index contributed by atoms with van der Waals surface area (Å²) in [6, 6.07) is 0. The molecule has 0 amide bonds. The fourth-order valence-corrected chi connectivity index (χ4v) is 5.81. The monoisotopic (exact) mass is 774 g/mol. The summed E-state index contributed by atoms with van der Waals surface area (Å²) in [6.07, 6.45) is 21.5. The molecule has 0 unspecified atom stereocenters. The minimum atomic E-state index is -0.626. The van der Waals surface area contributed by atoms with E-state index in [4.69, 9.17) is 14.2 Å². The maximum absolute atomic E-state index is 14.3. The van der Waals surface area contributed by atoms with E-state index in [1.165, 1.54) is 0 Å². The fraction of sp³-hybridized carbons (Fsp3) is 0.471. The molecule has 0 aromatic carbocycles. The minimum Gasteiger partial charge on any atom is -0.465 e. The third kappa shape index (κ3) is 11.0. The Morgan fingerprint density at radius 2 is 0.456 bits per heavy atom. The Morgan fingerprint density at radius 3 is 0.596 bits per heavy atom. The SMILES string of the molecule is CC(C)(C)C1=CC(=CC=C2C(=O)C(=CC=C3C=C(C(C)(C)C)OC(C(C)(C)C)=C3)C(=O)C(=CC=C3C=C(C(C)(C)C)OC(C(C)(C)C)=C3)C2=O)C=C(C(C)(C)C)O1. The van der Waals surface area contributed by atoms with E-state index in [9.17, 15) is 14.4 Å². The third-order valence-electron chi connectivity index (χ3n) is 9.68. The minimum absolute atomic E-state index is 0.0908. The van der Waals surface area contributed by atoms with Crippen LogP contribution < -0.4 is 0 Å². The van der Waals surface area contributed by atoms with Crippen LogP contribution in [0.2, 0.25) is 0 Å². The van der Waals surface area contributed by atoms with E-state index < -0.39 is 17.3 Å². The van der Waals surface area contributed by atoms with Crippen molar-refractivity contribution in [1.29, 1.82) is 0 Å². The lowest BCUT2D eigenvalue weighted by atomic mass is 9.81. The average Bonchev–Trinajstić information content (AvgIpc) is 3.05. The standard InChI is InChI=1S/C51H66O6/c1-46(2,3)37-25-31(26-38(55-37)47(4,5)6)19-22-34-43(52)35(23-20-32-27-39(48(7,8)9)56-40(28-32)49(10,11)12)45(54)36(44(34)53)24-21-33-29-41(50(13,14)15)57-42(30-33)51(16,17)18/h19-30H,1-18H3. The van der Waals surface area contributed by atoms with Gasteiger partial charge in [0.15, 0.2) is 0 Å². The summed E-state index contributed by atoms with van der Waals surface area (Å²) < 4.78 is 19.0. The summed E-state index contributed by atoms with van der Waals surface area (Å²) in [4.78, 5) is 43.0. The highest BCUT2D eigenvalue weighted by Gasteiger charge is 2.38. The number of carbonyl (C=O) groups is 3. The van der Waals surface area contributed by atoms with E-state index in [-0.39, 0.29) is 49.2 Å². The second kappa shape index (κ2) is 15.6. The molecule has 0 aromatic heterocycles. The van der Waals surface area contributed by atoms with Gasteiger partial charge in [-0.1, -0.05) is 143 Å². The molecule has 4 aliphatic rings. The molecule has 1 aliphatic carbocycles. The molecule has 0 spiro atoms. The van der Waals surface area contributed by atoms with E-state index in [2.05, 4.69) is 125 Å². The Bertz CT molecular complexity index is 1740. The Balaban J connectivity index is 1.97. The highest BCUT2D eigenvalue weighted by Crippen LogP contribution is 2.42. The number of allylic oxidation sites excluding steroid dienone is 24. The van der Waals surface area contributed by atoms with Crippen LogP contribution in [0.3, 0.4) is 0 Å². The Morgan fingerprint density at radius 1 is 0.298 bits per heavy atom. The Hall–Kier alpha value is -4.71.